The molecule has 1 aliphatic rings. The fourth-order valence-corrected chi connectivity index (χ4v) is 3.68. The zero-order valence-electron chi connectivity index (χ0n) is 17.9. The molecule has 0 saturated heterocycles. The molecule has 0 spiro atoms. The lowest BCUT2D eigenvalue weighted by Gasteiger charge is -2.29. The van der Waals surface area contributed by atoms with Crippen molar-refractivity contribution in [3.8, 4) is 5.75 Å². The number of unbranched alkanes of at least 4 members (excludes halogenated alkanes) is 1. The number of nitrogens with one attached hydrogen (secondary N) is 1. The molecule has 0 fully saturated rings. The zero-order valence-corrected chi connectivity index (χ0v) is 17.9. The maximum atomic E-state index is 13.1. The van der Waals surface area contributed by atoms with Gasteiger partial charge in [-0.2, -0.15) is 0 Å². The van der Waals surface area contributed by atoms with E-state index in [4.69, 9.17) is 19.0 Å². The molecule has 172 valence electrons. The van der Waals surface area contributed by atoms with Crippen molar-refractivity contribution >= 4 is 22.6 Å². The number of ether oxygens (including phenoxy) is 2. The molecule has 2 unspecified atom stereocenters. The second-order valence-corrected chi connectivity index (χ2v) is 7.71. The van der Waals surface area contributed by atoms with Crippen molar-refractivity contribution in [1.82, 2.24) is 0 Å². The van der Waals surface area contributed by atoms with Crippen LogP contribution in [0.25, 0.3) is 11.0 Å². The van der Waals surface area contributed by atoms with Crippen LogP contribution in [0, 0.1) is 0 Å². The summed E-state index contributed by atoms with van der Waals surface area (Å²) in [5.74, 6) is -1.15. The number of fused-ring (bicyclic) bond motifs is 1. The Morgan fingerprint density at radius 1 is 1.12 bits per heavy atom. The highest BCUT2D eigenvalue weighted by molar-refractivity contribution is 6.03. The van der Waals surface area contributed by atoms with Gasteiger partial charge in [-0.25, -0.2) is 0 Å². The van der Waals surface area contributed by atoms with Gasteiger partial charge in [-0.15, -0.1) is 0 Å². The summed E-state index contributed by atoms with van der Waals surface area (Å²) in [6, 6.07) is 13.3. The Balaban J connectivity index is 1.63. The van der Waals surface area contributed by atoms with Gasteiger partial charge in [0, 0.05) is 24.5 Å². The topological polar surface area (TPSA) is 118 Å². The molecular formula is C25H25NO7. The SMILES string of the molecule is O=C(Nc1ccccc1O)C1=CC(c2coc3ccccc3c2=O)CC(OCCCCO)O1. The Labute approximate surface area is 190 Å². The van der Waals surface area contributed by atoms with Crippen molar-refractivity contribution in [2.75, 3.05) is 18.5 Å². The summed E-state index contributed by atoms with van der Waals surface area (Å²) in [6.45, 7) is 0.391. The van der Waals surface area contributed by atoms with Gasteiger partial charge in [0.05, 0.1) is 23.9 Å². The van der Waals surface area contributed by atoms with E-state index in [0.717, 1.165) is 0 Å². The molecule has 0 aliphatic carbocycles. The Morgan fingerprint density at radius 2 is 1.91 bits per heavy atom. The molecule has 1 aliphatic heterocycles. The number of aromatic hydroxyl groups is 1. The minimum atomic E-state index is -0.769. The minimum Gasteiger partial charge on any atom is -0.506 e. The van der Waals surface area contributed by atoms with Gasteiger partial charge in [-0.1, -0.05) is 24.3 Å². The number of aliphatic hydroxyl groups excluding tert-OH is 1. The Bertz CT molecular complexity index is 1220. The highest BCUT2D eigenvalue weighted by Gasteiger charge is 2.31. The van der Waals surface area contributed by atoms with Crippen molar-refractivity contribution in [2.24, 2.45) is 0 Å². The summed E-state index contributed by atoms with van der Waals surface area (Å²) < 4.78 is 17.2. The molecule has 33 heavy (non-hydrogen) atoms. The molecule has 3 aromatic rings. The van der Waals surface area contributed by atoms with Crippen molar-refractivity contribution in [1.29, 1.82) is 0 Å². The Hall–Kier alpha value is -3.62. The summed E-state index contributed by atoms with van der Waals surface area (Å²) in [5, 5.41) is 22.0. The summed E-state index contributed by atoms with van der Waals surface area (Å²) in [6.07, 6.45) is 3.75. The maximum absolute atomic E-state index is 13.1. The average molecular weight is 451 g/mol. The number of rotatable bonds is 8. The van der Waals surface area contributed by atoms with E-state index in [2.05, 4.69) is 5.32 Å². The number of amides is 1. The number of anilines is 1. The van der Waals surface area contributed by atoms with Crippen LogP contribution in [0.3, 0.4) is 0 Å². The largest absolute Gasteiger partial charge is 0.506 e. The highest BCUT2D eigenvalue weighted by atomic mass is 16.7. The molecule has 3 N–H and O–H groups in total. The number of hydrogen-bond acceptors (Lipinski definition) is 7. The van der Waals surface area contributed by atoms with Gasteiger partial charge < -0.3 is 29.4 Å². The summed E-state index contributed by atoms with van der Waals surface area (Å²) in [4.78, 5) is 26.0. The molecule has 8 heteroatoms. The fourth-order valence-electron chi connectivity index (χ4n) is 3.68. The molecule has 8 nitrogen and oxygen atoms in total. The summed E-state index contributed by atoms with van der Waals surface area (Å²) in [5.41, 5.74) is 0.935. The van der Waals surface area contributed by atoms with Crippen LogP contribution in [0.15, 0.2) is 75.8 Å². The van der Waals surface area contributed by atoms with E-state index >= 15 is 0 Å². The number of carbonyl (C=O) groups is 1. The first-order valence-electron chi connectivity index (χ1n) is 10.8. The average Bonchev–Trinajstić information content (AvgIpc) is 2.83. The van der Waals surface area contributed by atoms with E-state index in [-0.39, 0.29) is 29.2 Å². The molecule has 0 saturated carbocycles. The summed E-state index contributed by atoms with van der Waals surface area (Å²) >= 11 is 0. The fraction of sp³-hybridized carbons (Fsp3) is 0.280. The van der Waals surface area contributed by atoms with Gasteiger partial charge in [0.15, 0.2) is 11.2 Å². The van der Waals surface area contributed by atoms with Crippen LogP contribution in [0.1, 0.15) is 30.7 Å². The first-order chi connectivity index (χ1) is 16.1. The van der Waals surface area contributed by atoms with Crippen LogP contribution < -0.4 is 10.7 Å². The summed E-state index contributed by atoms with van der Waals surface area (Å²) in [7, 11) is 0. The number of para-hydroxylation sites is 3. The Kier molecular flexibility index (Phi) is 7.07. The third kappa shape index (κ3) is 5.24. The highest BCUT2D eigenvalue weighted by Crippen LogP contribution is 2.32. The monoisotopic (exact) mass is 451 g/mol. The van der Waals surface area contributed by atoms with Crippen LogP contribution in [-0.4, -0.2) is 35.6 Å². The standard InChI is InChI=1S/C25H25NO7/c27-11-5-6-12-31-23-14-16(18-15-32-21-10-4-1-7-17(21)24(18)29)13-22(33-23)25(30)26-19-8-2-3-9-20(19)28/h1-4,7-10,13,15-16,23,27-28H,5-6,11-12,14H2,(H,26,30). The van der Waals surface area contributed by atoms with Gasteiger partial charge in [0.25, 0.3) is 5.91 Å². The lowest BCUT2D eigenvalue weighted by molar-refractivity contribution is -0.143. The molecule has 0 radical (unpaired) electrons. The van der Waals surface area contributed by atoms with E-state index in [1.165, 1.54) is 12.3 Å². The molecular weight excluding hydrogens is 426 g/mol. The van der Waals surface area contributed by atoms with Gasteiger partial charge in [0.1, 0.15) is 11.3 Å². The maximum Gasteiger partial charge on any atom is 0.290 e. The van der Waals surface area contributed by atoms with E-state index < -0.39 is 18.1 Å². The van der Waals surface area contributed by atoms with Crippen LogP contribution in [0.2, 0.25) is 0 Å². The van der Waals surface area contributed by atoms with Crippen LogP contribution in [-0.2, 0) is 14.3 Å². The van der Waals surface area contributed by atoms with Gasteiger partial charge >= 0.3 is 0 Å². The Morgan fingerprint density at radius 3 is 2.73 bits per heavy atom. The second-order valence-electron chi connectivity index (χ2n) is 7.71. The number of hydrogen-bond donors (Lipinski definition) is 3. The number of phenolic OH excluding ortho intramolecular Hbond substituents is 1. The molecule has 2 heterocycles. The van der Waals surface area contributed by atoms with E-state index in [1.54, 1.807) is 48.5 Å². The zero-order chi connectivity index (χ0) is 23.2. The lowest BCUT2D eigenvalue weighted by atomic mass is 9.93. The molecule has 0 bridgehead atoms. The van der Waals surface area contributed by atoms with Crippen LogP contribution in [0.4, 0.5) is 5.69 Å². The molecule has 1 amide bonds. The predicted octanol–water partition coefficient (Wildman–Crippen LogP) is 3.64. The number of phenols is 1. The van der Waals surface area contributed by atoms with Crippen molar-refractivity contribution in [3.63, 3.8) is 0 Å². The van der Waals surface area contributed by atoms with Crippen LogP contribution >= 0.6 is 0 Å². The second kappa shape index (κ2) is 10.3. The number of allylic oxidation sites excluding steroid dienone is 1. The first-order valence-corrected chi connectivity index (χ1v) is 10.8. The third-order valence-corrected chi connectivity index (χ3v) is 5.40. The molecule has 2 aromatic carbocycles. The van der Waals surface area contributed by atoms with E-state index in [0.29, 0.717) is 42.4 Å². The minimum absolute atomic E-state index is 0.0192. The number of aliphatic hydroxyl groups is 1. The molecule has 4 rings (SSSR count). The van der Waals surface area contributed by atoms with Crippen molar-refractivity contribution in [2.45, 2.75) is 31.5 Å². The van der Waals surface area contributed by atoms with Gasteiger partial charge in [0.2, 0.25) is 6.29 Å². The van der Waals surface area contributed by atoms with Gasteiger partial charge in [-0.05, 0) is 43.2 Å². The molecule has 1 aromatic heterocycles. The first kappa shape index (κ1) is 22.6. The number of benzene rings is 2. The lowest BCUT2D eigenvalue weighted by Crippen LogP contribution is -2.31. The van der Waals surface area contributed by atoms with Crippen molar-refractivity contribution in [3.05, 3.63) is 82.4 Å². The number of carbonyl (C=O) groups excluding carboxylic acids is 1. The molecule has 2 atom stereocenters. The van der Waals surface area contributed by atoms with Crippen molar-refractivity contribution < 1.29 is 28.9 Å². The smallest absolute Gasteiger partial charge is 0.290 e. The third-order valence-electron chi connectivity index (χ3n) is 5.40. The normalized spacial score (nSPS) is 17.9. The van der Waals surface area contributed by atoms with E-state index in [9.17, 15) is 14.7 Å². The predicted molar refractivity (Wildman–Crippen MR) is 122 cm³/mol. The van der Waals surface area contributed by atoms with Crippen LogP contribution in [0.5, 0.6) is 5.75 Å². The van der Waals surface area contributed by atoms with Gasteiger partial charge in [-0.3, -0.25) is 9.59 Å². The van der Waals surface area contributed by atoms with E-state index in [1.807, 2.05) is 0 Å². The quantitative estimate of drug-likeness (QED) is 0.353.